The minimum atomic E-state index is -0.0750. The van der Waals surface area contributed by atoms with Gasteiger partial charge < -0.3 is 4.74 Å². The van der Waals surface area contributed by atoms with Gasteiger partial charge in [-0.05, 0) is 66.9 Å². The molecule has 2 saturated carbocycles. The first-order valence-electron chi connectivity index (χ1n) is 9.07. The smallest absolute Gasteiger partial charge is 0.139 e. The van der Waals surface area contributed by atoms with Crippen LogP contribution in [-0.2, 0) is 9.53 Å². The lowest BCUT2D eigenvalue weighted by Gasteiger charge is -2.56. The Kier molecular flexibility index (Phi) is 3.50. The maximum Gasteiger partial charge on any atom is 0.139 e. The van der Waals surface area contributed by atoms with Gasteiger partial charge in [-0.3, -0.25) is 4.79 Å². The van der Waals surface area contributed by atoms with Crippen molar-refractivity contribution >= 4 is 17.4 Å². The molecule has 4 aliphatic rings. The summed E-state index contributed by atoms with van der Waals surface area (Å²) in [5.74, 6) is 3.35. The van der Waals surface area contributed by atoms with E-state index in [0.29, 0.717) is 23.5 Å². The Morgan fingerprint density at radius 2 is 1.87 bits per heavy atom. The zero-order chi connectivity index (χ0) is 16.4. The first kappa shape index (κ1) is 15.7. The highest BCUT2D eigenvalue weighted by molar-refractivity contribution is 6.30. The number of Topliss-reactive ketones (excluding diaryl/α,β-unsaturated/α-hetero) is 1. The Labute approximate surface area is 144 Å². The van der Waals surface area contributed by atoms with Gasteiger partial charge in [0.25, 0.3) is 0 Å². The molecule has 0 spiro atoms. The summed E-state index contributed by atoms with van der Waals surface area (Å²) >= 11 is 6.79. The van der Waals surface area contributed by atoms with Gasteiger partial charge in [-0.25, -0.2) is 0 Å². The van der Waals surface area contributed by atoms with Crippen molar-refractivity contribution < 1.29 is 9.53 Å². The fourth-order valence-corrected chi connectivity index (χ4v) is 6.75. The maximum atomic E-state index is 12.5. The van der Waals surface area contributed by atoms with Crippen LogP contribution in [0.4, 0.5) is 0 Å². The third-order valence-electron chi connectivity index (χ3n) is 7.75. The van der Waals surface area contributed by atoms with E-state index in [1.165, 1.54) is 12.0 Å². The van der Waals surface area contributed by atoms with Gasteiger partial charge in [-0.1, -0.05) is 25.4 Å². The quantitative estimate of drug-likeness (QED) is 0.656. The highest BCUT2D eigenvalue weighted by atomic mass is 35.5. The Balaban J connectivity index is 1.76. The minimum Gasteiger partial charge on any atom is -0.501 e. The Morgan fingerprint density at radius 3 is 2.61 bits per heavy atom. The second-order valence-electron chi connectivity index (χ2n) is 8.55. The number of methoxy groups -OCH3 is 1. The lowest BCUT2D eigenvalue weighted by molar-refractivity contribution is -0.131. The van der Waals surface area contributed by atoms with Crippen molar-refractivity contribution in [1.29, 1.82) is 0 Å². The lowest BCUT2D eigenvalue weighted by Crippen LogP contribution is -2.49. The predicted octanol–water partition coefficient (Wildman–Crippen LogP) is 5.23. The molecule has 2 nitrogen and oxygen atoms in total. The van der Waals surface area contributed by atoms with E-state index in [4.69, 9.17) is 16.3 Å². The second-order valence-corrected chi connectivity index (χ2v) is 9.01. The Hall–Kier alpha value is -0.760. The van der Waals surface area contributed by atoms with E-state index < -0.39 is 0 Å². The molecule has 3 heteroatoms. The zero-order valence-corrected chi connectivity index (χ0v) is 15.2. The number of carbonyl (C=O) groups excluding carboxylic acids is 1. The van der Waals surface area contributed by atoms with Crippen molar-refractivity contribution in [2.45, 2.75) is 58.8 Å². The van der Waals surface area contributed by atoms with E-state index in [1.54, 1.807) is 7.11 Å². The van der Waals surface area contributed by atoms with E-state index in [2.05, 4.69) is 19.9 Å². The van der Waals surface area contributed by atoms with Crippen molar-refractivity contribution in [3.05, 3.63) is 22.4 Å². The number of ether oxygens (including phenoxy) is 1. The van der Waals surface area contributed by atoms with Crippen LogP contribution in [-0.4, -0.2) is 12.9 Å². The van der Waals surface area contributed by atoms with Gasteiger partial charge >= 0.3 is 0 Å². The standard InChI is InChI=1S/C20H27ClO2/c1-19-8-6-12(23-3)10-16(19)17(21)11-13-14-4-5-18(22)20(14,2)9-7-15(13)19/h10,13-15H,4-9,11H2,1-3H3/t13-,14-,15-,19+,20-/m0/s1. The van der Waals surface area contributed by atoms with E-state index in [0.717, 1.165) is 49.3 Å². The summed E-state index contributed by atoms with van der Waals surface area (Å²) < 4.78 is 5.49. The number of fused-ring (bicyclic) bond motifs is 5. The van der Waals surface area contributed by atoms with Crippen LogP contribution < -0.4 is 0 Å². The number of halogens is 1. The summed E-state index contributed by atoms with van der Waals surface area (Å²) in [6.07, 6.45) is 9.38. The molecule has 126 valence electrons. The summed E-state index contributed by atoms with van der Waals surface area (Å²) in [6.45, 7) is 4.63. The summed E-state index contributed by atoms with van der Waals surface area (Å²) in [5.41, 5.74) is 1.40. The summed E-state index contributed by atoms with van der Waals surface area (Å²) in [4.78, 5) is 12.5. The largest absolute Gasteiger partial charge is 0.501 e. The lowest BCUT2D eigenvalue weighted by atomic mass is 9.49. The van der Waals surface area contributed by atoms with Crippen LogP contribution in [0.3, 0.4) is 0 Å². The van der Waals surface area contributed by atoms with Gasteiger partial charge in [0.1, 0.15) is 5.78 Å². The molecule has 4 rings (SSSR count). The van der Waals surface area contributed by atoms with Gasteiger partial charge in [0.15, 0.2) is 0 Å². The van der Waals surface area contributed by atoms with Crippen LogP contribution in [0.5, 0.6) is 0 Å². The number of allylic oxidation sites excluding steroid dienone is 4. The normalized spacial score (nSPS) is 46.0. The molecular weight excluding hydrogens is 308 g/mol. The van der Waals surface area contributed by atoms with E-state index in [9.17, 15) is 4.79 Å². The van der Waals surface area contributed by atoms with Gasteiger partial charge in [0.05, 0.1) is 12.9 Å². The molecule has 2 fully saturated rings. The fraction of sp³-hybridized carbons (Fsp3) is 0.750. The van der Waals surface area contributed by atoms with Crippen LogP contribution >= 0.6 is 11.6 Å². The van der Waals surface area contributed by atoms with Crippen LogP contribution in [0, 0.1) is 28.6 Å². The molecule has 0 aromatic carbocycles. The molecule has 23 heavy (non-hydrogen) atoms. The van der Waals surface area contributed by atoms with Gasteiger partial charge in [-0.15, -0.1) is 0 Å². The third-order valence-corrected chi connectivity index (χ3v) is 8.10. The van der Waals surface area contributed by atoms with Crippen molar-refractivity contribution in [2.24, 2.45) is 28.6 Å². The van der Waals surface area contributed by atoms with Crippen LogP contribution in [0.25, 0.3) is 0 Å². The molecule has 0 bridgehead atoms. The van der Waals surface area contributed by atoms with Crippen LogP contribution in [0.15, 0.2) is 22.4 Å². The van der Waals surface area contributed by atoms with Crippen molar-refractivity contribution in [2.75, 3.05) is 7.11 Å². The Bertz CT molecular complexity index is 619. The number of hydrogen-bond acceptors (Lipinski definition) is 2. The molecule has 0 amide bonds. The average molecular weight is 335 g/mol. The van der Waals surface area contributed by atoms with Crippen molar-refractivity contribution in [1.82, 2.24) is 0 Å². The topological polar surface area (TPSA) is 26.3 Å². The monoisotopic (exact) mass is 334 g/mol. The van der Waals surface area contributed by atoms with Gasteiger partial charge in [-0.2, -0.15) is 0 Å². The van der Waals surface area contributed by atoms with Gasteiger partial charge in [0.2, 0.25) is 0 Å². The number of rotatable bonds is 1. The second kappa shape index (κ2) is 5.12. The molecule has 0 saturated heterocycles. The maximum absolute atomic E-state index is 12.5. The number of ketones is 1. The molecule has 0 aliphatic heterocycles. The molecule has 5 atom stereocenters. The average Bonchev–Trinajstić information content (AvgIpc) is 2.83. The molecule has 0 aromatic heterocycles. The molecule has 0 heterocycles. The van der Waals surface area contributed by atoms with E-state index >= 15 is 0 Å². The SMILES string of the molecule is COC1=CC2=C(Cl)C[C@@H]3[C@H](CC[C@]4(C)C(=O)CC[C@@H]34)[C@@]2(C)CC1. The van der Waals surface area contributed by atoms with Crippen molar-refractivity contribution in [3.8, 4) is 0 Å². The number of hydrogen-bond donors (Lipinski definition) is 0. The molecular formula is C20H27ClO2. The molecule has 4 aliphatic carbocycles. The third kappa shape index (κ3) is 2.03. The number of carbonyl (C=O) groups is 1. The molecule has 0 N–H and O–H groups in total. The minimum absolute atomic E-state index is 0.0750. The van der Waals surface area contributed by atoms with E-state index in [1.807, 2.05) is 0 Å². The summed E-state index contributed by atoms with van der Waals surface area (Å²) in [6, 6.07) is 0. The zero-order valence-electron chi connectivity index (χ0n) is 14.5. The molecule has 0 aromatic rings. The van der Waals surface area contributed by atoms with Crippen LogP contribution in [0.1, 0.15) is 58.8 Å². The first-order chi connectivity index (χ1) is 10.9. The van der Waals surface area contributed by atoms with Crippen LogP contribution in [0.2, 0.25) is 0 Å². The molecule has 0 radical (unpaired) electrons. The highest BCUT2D eigenvalue weighted by Gasteiger charge is 2.59. The summed E-state index contributed by atoms with van der Waals surface area (Å²) in [7, 11) is 1.75. The highest BCUT2D eigenvalue weighted by Crippen LogP contribution is 2.65. The van der Waals surface area contributed by atoms with Gasteiger partial charge in [0, 0.05) is 23.3 Å². The molecule has 0 unspecified atom stereocenters. The summed E-state index contributed by atoms with van der Waals surface area (Å²) in [5, 5.41) is 1.02. The Morgan fingerprint density at radius 1 is 1.13 bits per heavy atom. The predicted molar refractivity (Wildman–Crippen MR) is 92.0 cm³/mol. The van der Waals surface area contributed by atoms with E-state index in [-0.39, 0.29) is 10.8 Å². The first-order valence-corrected chi connectivity index (χ1v) is 9.45. The van der Waals surface area contributed by atoms with Crippen molar-refractivity contribution in [3.63, 3.8) is 0 Å². The fourth-order valence-electron chi connectivity index (χ4n) is 6.30.